The van der Waals surface area contributed by atoms with E-state index in [-0.39, 0.29) is 6.61 Å². The van der Waals surface area contributed by atoms with Gasteiger partial charge in [0, 0.05) is 18.1 Å². The molecule has 6 N–H and O–H groups in total. The minimum Gasteiger partial charge on any atom is -0.497 e. The van der Waals surface area contributed by atoms with Gasteiger partial charge in [0.25, 0.3) is 0 Å². The lowest BCUT2D eigenvalue weighted by Crippen LogP contribution is -2.01. The van der Waals surface area contributed by atoms with Crippen LogP contribution in [0.25, 0.3) is 33.9 Å². The van der Waals surface area contributed by atoms with Crippen LogP contribution in [-0.4, -0.2) is 103 Å². The minimum atomic E-state index is -0.893. The first-order valence-corrected chi connectivity index (χ1v) is 50.6. The van der Waals surface area contributed by atoms with Gasteiger partial charge in [0.2, 0.25) is 0 Å². The smallest absolute Gasteiger partial charge is 0.335 e. The Hall–Kier alpha value is -16.9. The highest BCUT2D eigenvalue weighted by molar-refractivity contribution is 5.92. The van der Waals surface area contributed by atoms with Gasteiger partial charge in [-0.3, -0.25) is 0 Å². The molecule has 15 aromatic carbocycles. The van der Waals surface area contributed by atoms with Crippen LogP contribution in [0, 0.1) is 0 Å². The number of hydrogen-bond donors (Lipinski definition) is 6. The summed E-state index contributed by atoms with van der Waals surface area (Å²) in [4.78, 5) is 55.2. The Labute approximate surface area is 871 Å². The first-order chi connectivity index (χ1) is 72.6. The number of aliphatic hydroxyl groups excluding tert-OH is 1. The standard InChI is InChI=1S/2C27H26O4.3C26H24O3/c1-30-24-8-4-7-23(26(24)31-2)17-22-16-15-20-6-3-5-19(25(20)22)12-9-18-10-13-21(14-11-18)27(28)29;1-30-24-15-19(16-25(17-24)31-2)14-23-13-12-21-5-3-4-20(26(21)23)9-6-18-7-10-22(11-8-18)27(28)29;1-29-24-7-2-4-19(17-24)16-23-15-14-21-6-3-5-20(25(21)23)11-8-18-9-12-22(13-10-18)26(27)28;1-29-24-15-8-19(9-16-24)17-23-14-13-21-4-2-3-20(25(21)23)10-5-18-6-11-22(12-7-18)26(27)28;27-17-24-5-2-1-4-22(24)16-23-15-14-20-7-3-6-19(25(20)23)11-8-18-9-12-21(13-10-18)26(28)29/h3-8,10-11,13-14,16H,9,12,15,17H2,1-2H3,(H,28,29);3-5,7-8,10-11,14-17H,6,9,12-13H2,1-2H3,(H,28,29);2-7,9-10,12-13,15,17H,8,11,14,16H2,1H3,(H,27,28);2-4,6-9,11-12,14-16H,5,10,13,17H2,1H3,(H,27,28);1-7,9-10,12-13,15,27H,8,11,14,16-17H2,(H,28,29)/b;23-14+;;;. The molecule has 0 aromatic heterocycles. The largest absolute Gasteiger partial charge is 0.497 e. The number of aliphatic hydroxyl groups is 1. The van der Waals surface area contributed by atoms with E-state index < -0.39 is 29.8 Å². The zero-order chi connectivity index (χ0) is 104. The molecule has 20 rings (SSSR count). The van der Waals surface area contributed by atoms with Gasteiger partial charge in [-0.2, -0.15) is 0 Å². The third kappa shape index (κ3) is 27.1. The summed E-state index contributed by atoms with van der Waals surface area (Å²) in [5.74, 6) is 0.415. The van der Waals surface area contributed by atoms with Gasteiger partial charge in [-0.1, -0.05) is 243 Å². The van der Waals surface area contributed by atoms with Crippen LogP contribution >= 0.6 is 0 Å². The van der Waals surface area contributed by atoms with Gasteiger partial charge in [0.05, 0.1) is 77.1 Å². The molecule has 754 valence electrons. The summed E-state index contributed by atoms with van der Waals surface area (Å²) < 4.78 is 32.6. The van der Waals surface area contributed by atoms with Crippen LogP contribution in [0.4, 0.5) is 0 Å². The van der Waals surface area contributed by atoms with Crippen molar-refractivity contribution in [2.24, 2.45) is 0 Å². The van der Waals surface area contributed by atoms with Crippen molar-refractivity contribution in [1.29, 1.82) is 0 Å². The molecule has 0 spiro atoms. The quantitative estimate of drug-likeness (QED) is 0.0213. The maximum absolute atomic E-state index is 11.1. The van der Waals surface area contributed by atoms with Crippen LogP contribution in [0.3, 0.4) is 0 Å². The molecule has 0 saturated carbocycles. The fourth-order valence-electron chi connectivity index (χ4n) is 20.7. The van der Waals surface area contributed by atoms with E-state index >= 15 is 0 Å². The third-order valence-corrected chi connectivity index (χ3v) is 28.5. The molecule has 15 aromatic rings. The summed E-state index contributed by atoms with van der Waals surface area (Å²) in [6.07, 6.45) is 29.9. The molecule has 0 fully saturated rings. The highest BCUT2D eigenvalue weighted by Gasteiger charge is 2.27. The Morgan fingerprint density at radius 3 is 0.919 bits per heavy atom. The van der Waals surface area contributed by atoms with E-state index in [9.17, 15) is 29.1 Å². The molecule has 0 atom stereocenters. The van der Waals surface area contributed by atoms with Crippen molar-refractivity contribution < 1.29 is 83.0 Å². The number of ether oxygens (including phenoxy) is 6. The fourth-order valence-corrected chi connectivity index (χ4v) is 20.7. The number of allylic oxidation sites excluding steroid dienone is 9. The van der Waals surface area contributed by atoms with Gasteiger partial charge in [-0.05, 0) is 392 Å². The zero-order valence-electron chi connectivity index (χ0n) is 85.0. The molecule has 5 aliphatic rings. The summed E-state index contributed by atoms with van der Waals surface area (Å²) in [7, 11) is 10.1. The van der Waals surface area contributed by atoms with Gasteiger partial charge in [0.15, 0.2) is 11.5 Å². The van der Waals surface area contributed by atoms with Crippen molar-refractivity contribution in [3.63, 3.8) is 0 Å². The van der Waals surface area contributed by atoms with E-state index in [0.717, 1.165) is 207 Å². The van der Waals surface area contributed by atoms with Crippen molar-refractivity contribution in [2.75, 3.05) is 42.7 Å². The lowest BCUT2D eigenvalue weighted by molar-refractivity contribution is 0.0686. The van der Waals surface area contributed by atoms with Gasteiger partial charge in [-0.15, -0.1) is 0 Å². The van der Waals surface area contributed by atoms with Crippen molar-refractivity contribution in [3.05, 3.63) is 518 Å². The second-order valence-electron chi connectivity index (χ2n) is 37.8. The number of methoxy groups -OCH3 is 6. The summed E-state index contributed by atoms with van der Waals surface area (Å²) >= 11 is 0. The van der Waals surface area contributed by atoms with Gasteiger partial charge < -0.3 is 59.1 Å². The van der Waals surface area contributed by atoms with Crippen molar-refractivity contribution >= 4 is 63.8 Å². The summed E-state index contributed by atoms with van der Waals surface area (Å²) in [5.41, 5.74) is 41.4. The number of para-hydroxylation sites is 1. The molecule has 0 saturated heterocycles. The fraction of sp³-hybridized carbons (Fsp3) is 0.205. The van der Waals surface area contributed by atoms with Crippen LogP contribution < -0.4 is 28.4 Å². The molecule has 0 aliphatic heterocycles. The average molecular weight is 1980 g/mol. The van der Waals surface area contributed by atoms with Gasteiger partial charge in [-0.25, -0.2) is 24.0 Å². The Morgan fingerprint density at radius 2 is 0.564 bits per heavy atom. The molecule has 17 nitrogen and oxygen atoms in total. The molecule has 0 bridgehead atoms. The Bertz CT molecular complexity index is 7460. The third-order valence-electron chi connectivity index (χ3n) is 28.5. The van der Waals surface area contributed by atoms with E-state index in [4.69, 9.17) is 54.0 Å². The lowest BCUT2D eigenvalue weighted by atomic mass is 9.90. The second-order valence-corrected chi connectivity index (χ2v) is 37.8. The second kappa shape index (κ2) is 50.8. The number of fused-ring (bicyclic) bond motifs is 5. The van der Waals surface area contributed by atoms with E-state index in [1.807, 2.05) is 133 Å². The molecular formula is C132H124O17. The number of aryl methyl sites for hydroxylation is 11. The number of aromatic carboxylic acids is 5. The summed E-state index contributed by atoms with van der Waals surface area (Å²) in [5, 5.41) is 55.0. The predicted octanol–water partition coefficient (Wildman–Crippen LogP) is 26.6. The van der Waals surface area contributed by atoms with E-state index in [1.165, 1.54) is 128 Å². The van der Waals surface area contributed by atoms with Crippen LogP contribution in [0.5, 0.6) is 34.5 Å². The van der Waals surface area contributed by atoms with Gasteiger partial charge in [0.1, 0.15) is 23.0 Å². The maximum atomic E-state index is 11.1. The summed E-state index contributed by atoms with van der Waals surface area (Å²) in [6, 6.07) is 105. The number of carboxylic acid groups (broad SMARTS) is 5. The molecule has 0 heterocycles. The lowest BCUT2D eigenvalue weighted by Gasteiger charge is -2.16. The monoisotopic (exact) mass is 1980 g/mol. The van der Waals surface area contributed by atoms with Crippen LogP contribution in [0.15, 0.2) is 346 Å². The average Bonchev–Trinajstić information content (AvgIpc) is 1.68. The van der Waals surface area contributed by atoms with Crippen LogP contribution in [-0.2, 0) is 129 Å². The molecular weight excluding hydrogens is 1860 g/mol. The molecule has 149 heavy (non-hydrogen) atoms. The molecule has 5 aliphatic carbocycles. The minimum absolute atomic E-state index is 0.0598. The molecule has 0 amide bonds. The Morgan fingerprint density at radius 1 is 0.248 bits per heavy atom. The van der Waals surface area contributed by atoms with Crippen molar-refractivity contribution in [1.82, 2.24) is 0 Å². The first kappa shape index (κ1) is 105. The maximum Gasteiger partial charge on any atom is 0.335 e. The number of carboxylic acids is 5. The molecule has 0 radical (unpaired) electrons. The Balaban J connectivity index is 0.000000133. The SMILES string of the molecule is COc1cc(/C=C2\CCc3cccc(CCc4ccc(C(=O)O)cc4)c32)cc(OC)c1.COc1ccc(CC2=CCc3cccc(CCc4ccc(C(=O)O)cc4)c32)cc1.COc1cccc(CC2=CCc3cccc(CCc4ccc(C(=O)O)cc4)c32)c1.COc1cccc(CC2=CCc3cccc(CCc4ccc(C(=O)O)cc4)c32)c1OC.O=C(O)c1ccc(CCc2cccc3c2C(Cc2ccccc2CO)=CC3)cc1. The van der Waals surface area contributed by atoms with E-state index in [2.05, 4.69) is 158 Å². The van der Waals surface area contributed by atoms with Crippen molar-refractivity contribution in [2.45, 2.75) is 135 Å². The molecule has 0 unspecified atom stereocenters. The molecule has 17 heteroatoms. The highest BCUT2D eigenvalue weighted by Crippen LogP contribution is 2.43. The number of benzene rings is 15. The highest BCUT2D eigenvalue weighted by atomic mass is 16.5. The Kier molecular flexibility index (Phi) is 35.7. The predicted molar refractivity (Wildman–Crippen MR) is 591 cm³/mol. The van der Waals surface area contributed by atoms with Crippen LogP contribution in [0.1, 0.15) is 203 Å². The topological polar surface area (TPSA) is 262 Å². The van der Waals surface area contributed by atoms with Crippen molar-refractivity contribution in [3.8, 4) is 34.5 Å². The first-order valence-electron chi connectivity index (χ1n) is 50.6. The number of rotatable bonds is 36. The van der Waals surface area contributed by atoms with E-state index in [1.54, 1.807) is 103 Å². The van der Waals surface area contributed by atoms with E-state index in [0.29, 0.717) is 27.8 Å². The number of hydrogen-bond acceptors (Lipinski definition) is 12. The summed E-state index contributed by atoms with van der Waals surface area (Å²) in [6.45, 7) is 0.0598. The van der Waals surface area contributed by atoms with Gasteiger partial charge >= 0.3 is 29.8 Å². The number of carbonyl (C=O) groups is 5. The normalized spacial score (nSPS) is 12.7. The zero-order valence-corrected chi connectivity index (χ0v) is 85.0. The van der Waals surface area contributed by atoms with Crippen LogP contribution in [0.2, 0.25) is 0 Å².